The quantitative estimate of drug-likeness (QED) is 0.720. The minimum Gasteiger partial charge on any atom is -0.497 e. The molecule has 0 bridgehead atoms. The number of nitrogens with zero attached hydrogens (tertiary/aromatic N) is 3. The zero-order valence-corrected chi connectivity index (χ0v) is 16.0. The fourth-order valence-corrected chi connectivity index (χ4v) is 3.26. The van der Waals surface area contributed by atoms with Gasteiger partial charge in [0.2, 0.25) is 0 Å². The minimum absolute atomic E-state index is 0.255. The summed E-state index contributed by atoms with van der Waals surface area (Å²) in [5, 5.41) is 3.02. The summed E-state index contributed by atoms with van der Waals surface area (Å²) in [5.74, 6) is 0.491. The maximum atomic E-state index is 14.6. The van der Waals surface area contributed by atoms with Crippen LogP contribution in [0.15, 0.2) is 53.1 Å². The predicted molar refractivity (Wildman–Crippen MR) is 108 cm³/mol. The van der Waals surface area contributed by atoms with Crippen LogP contribution in [0.25, 0.3) is 11.3 Å². The van der Waals surface area contributed by atoms with E-state index in [9.17, 15) is 4.39 Å². The second-order valence-corrected chi connectivity index (χ2v) is 6.85. The van der Waals surface area contributed by atoms with Gasteiger partial charge in [0.05, 0.1) is 12.8 Å². The molecule has 0 atom stereocenters. The second kappa shape index (κ2) is 7.90. The van der Waals surface area contributed by atoms with Crippen LogP contribution in [0.3, 0.4) is 0 Å². The molecule has 1 saturated heterocycles. The molecule has 0 amide bonds. The summed E-state index contributed by atoms with van der Waals surface area (Å²) in [7, 11) is 3.70. The maximum Gasteiger partial charge on any atom is 0.299 e. The Morgan fingerprint density at radius 2 is 1.93 bits per heavy atom. The Morgan fingerprint density at radius 3 is 2.68 bits per heavy atom. The number of ether oxygens (including phenoxy) is 1. The highest BCUT2D eigenvalue weighted by molar-refractivity contribution is 5.64. The van der Waals surface area contributed by atoms with Crippen LogP contribution >= 0.6 is 0 Å². The van der Waals surface area contributed by atoms with Crippen molar-refractivity contribution < 1.29 is 13.5 Å². The summed E-state index contributed by atoms with van der Waals surface area (Å²) in [5.41, 5.74) is 2.78. The van der Waals surface area contributed by atoms with Gasteiger partial charge in [-0.25, -0.2) is 4.39 Å². The molecule has 0 spiro atoms. The summed E-state index contributed by atoms with van der Waals surface area (Å²) in [4.78, 5) is 8.75. The number of likely N-dealkylation sites (N-methyl/N-ethyl adjacent to an activating group) is 1. The van der Waals surface area contributed by atoms with Gasteiger partial charge in [0.1, 0.15) is 23.5 Å². The van der Waals surface area contributed by atoms with Crippen molar-refractivity contribution in [1.82, 2.24) is 9.88 Å². The fraction of sp³-hybridized carbons (Fsp3) is 0.286. The molecule has 0 saturated carbocycles. The van der Waals surface area contributed by atoms with Gasteiger partial charge in [-0.1, -0.05) is 12.1 Å². The molecule has 7 heteroatoms. The Kier molecular flexibility index (Phi) is 5.16. The van der Waals surface area contributed by atoms with E-state index in [2.05, 4.69) is 27.1 Å². The predicted octanol–water partition coefficient (Wildman–Crippen LogP) is 3.98. The van der Waals surface area contributed by atoms with Gasteiger partial charge in [-0.05, 0) is 37.4 Å². The molecule has 1 fully saturated rings. The number of methoxy groups -OCH3 is 1. The first-order valence-corrected chi connectivity index (χ1v) is 9.22. The molecule has 0 aliphatic carbocycles. The molecule has 1 N–H and O–H groups in total. The van der Waals surface area contributed by atoms with Crippen molar-refractivity contribution in [2.75, 3.05) is 50.6 Å². The zero-order valence-electron chi connectivity index (χ0n) is 16.0. The van der Waals surface area contributed by atoms with Crippen molar-refractivity contribution in [2.24, 2.45) is 0 Å². The number of oxazole rings is 1. The van der Waals surface area contributed by atoms with Crippen molar-refractivity contribution in [1.29, 1.82) is 0 Å². The van der Waals surface area contributed by atoms with Crippen molar-refractivity contribution in [3.8, 4) is 17.0 Å². The Hall–Kier alpha value is -3.06. The number of rotatable bonds is 5. The van der Waals surface area contributed by atoms with E-state index in [1.165, 1.54) is 6.07 Å². The summed E-state index contributed by atoms with van der Waals surface area (Å²) >= 11 is 0. The van der Waals surface area contributed by atoms with Crippen LogP contribution in [0.4, 0.5) is 21.8 Å². The SMILES string of the molecule is COc1cccc(-c2coc(Nc3ccc(N4CCN(C)CC4)c(F)c3)n2)c1. The smallest absolute Gasteiger partial charge is 0.299 e. The lowest BCUT2D eigenvalue weighted by atomic mass is 10.2. The van der Waals surface area contributed by atoms with E-state index in [4.69, 9.17) is 9.15 Å². The normalized spacial score (nSPS) is 14.9. The Bertz CT molecular complexity index is 951. The zero-order chi connectivity index (χ0) is 19.5. The Labute approximate surface area is 163 Å². The highest BCUT2D eigenvalue weighted by Gasteiger charge is 2.18. The van der Waals surface area contributed by atoms with Gasteiger partial charge < -0.3 is 24.3 Å². The third kappa shape index (κ3) is 3.94. The average molecular weight is 382 g/mol. The van der Waals surface area contributed by atoms with Gasteiger partial charge in [-0.15, -0.1) is 0 Å². The topological polar surface area (TPSA) is 53.8 Å². The molecule has 3 aromatic rings. The molecule has 2 aromatic carbocycles. The fourth-order valence-electron chi connectivity index (χ4n) is 3.26. The average Bonchev–Trinajstić information content (AvgIpc) is 3.18. The minimum atomic E-state index is -0.255. The summed E-state index contributed by atoms with van der Waals surface area (Å²) in [6.45, 7) is 3.51. The van der Waals surface area contributed by atoms with E-state index < -0.39 is 0 Å². The van der Waals surface area contributed by atoms with Crippen LogP contribution < -0.4 is 15.0 Å². The third-order valence-corrected chi connectivity index (χ3v) is 4.91. The van der Waals surface area contributed by atoms with E-state index >= 15 is 0 Å². The van der Waals surface area contributed by atoms with E-state index in [0.29, 0.717) is 23.1 Å². The number of piperazine rings is 1. The number of halogens is 1. The van der Waals surface area contributed by atoms with E-state index in [-0.39, 0.29) is 5.82 Å². The maximum absolute atomic E-state index is 14.6. The molecule has 28 heavy (non-hydrogen) atoms. The molecule has 1 aromatic heterocycles. The highest BCUT2D eigenvalue weighted by atomic mass is 19.1. The highest BCUT2D eigenvalue weighted by Crippen LogP contribution is 2.28. The first kappa shape index (κ1) is 18.3. The molecular weight excluding hydrogens is 359 g/mol. The first-order chi connectivity index (χ1) is 13.6. The molecule has 6 nitrogen and oxygen atoms in total. The molecule has 0 radical (unpaired) electrons. The van der Waals surface area contributed by atoms with Crippen LogP contribution in [0.1, 0.15) is 0 Å². The standard InChI is InChI=1S/C21H23FN4O2/c1-25-8-10-26(11-9-25)20-7-6-16(13-18(20)22)23-21-24-19(14-28-21)15-4-3-5-17(12-15)27-2/h3-7,12-14H,8-11H2,1-2H3,(H,23,24). The Morgan fingerprint density at radius 1 is 1.11 bits per heavy atom. The van der Waals surface area contributed by atoms with Gasteiger partial charge >= 0.3 is 0 Å². The monoisotopic (exact) mass is 382 g/mol. The molecule has 146 valence electrons. The molecule has 0 unspecified atom stereocenters. The largest absolute Gasteiger partial charge is 0.497 e. The second-order valence-electron chi connectivity index (χ2n) is 6.85. The van der Waals surface area contributed by atoms with Gasteiger partial charge in [0.15, 0.2) is 0 Å². The Balaban J connectivity index is 1.47. The van der Waals surface area contributed by atoms with Gasteiger partial charge in [0, 0.05) is 37.4 Å². The van der Waals surface area contributed by atoms with Crippen LogP contribution in [-0.4, -0.2) is 50.2 Å². The van der Waals surface area contributed by atoms with Crippen LogP contribution in [0, 0.1) is 5.82 Å². The summed E-state index contributed by atoms with van der Waals surface area (Å²) < 4.78 is 25.4. The molecule has 1 aliphatic heterocycles. The summed E-state index contributed by atoms with van der Waals surface area (Å²) in [6.07, 6.45) is 1.56. The lowest BCUT2D eigenvalue weighted by Crippen LogP contribution is -2.44. The van der Waals surface area contributed by atoms with Crippen molar-refractivity contribution in [3.05, 3.63) is 54.5 Å². The van der Waals surface area contributed by atoms with Gasteiger partial charge in [0.25, 0.3) is 6.01 Å². The van der Waals surface area contributed by atoms with E-state index in [1.54, 1.807) is 19.4 Å². The third-order valence-electron chi connectivity index (χ3n) is 4.91. The molecule has 4 rings (SSSR count). The number of nitrogens with one attached hydrogen (secondary N) is 1. The number of hydrogen-bond donors (Lipinski definition) is 1. The van der Waals surface area contributed by atoms with Gasteiger partial charge in [-0.2, -0.15) is 4.98 Å². The number of benzene rings is 2. The number of anilines is 3. The van der Waals surface area contributed by atoms with E-state index in [0.717, 1.165) is 37.5 Å². The van der Waals surface area contributed by atoms with Crippen LogP contribution in [-0.2, 0) is 0 Å². The lowest BCUT2D eigenvalue weighted by molar-refractivity contribution is 0.311. The van der Waals surface area contributed by atoms with Crippen LogP contribution in [0.2, 0.25) is 0 Å². The molecular formula is C21H23FN4O2. The van der Waals surface area contributed by atoms with Crippen molar-refractivity contribution >= 4 is 17.4 Å². The molecule has 1 aliphatic rings. The van der Waals surface area contributed by atoms with Gasteiger partial charge in [-0.3, -0.25) is 0 Å². The van der Waals surface area contributed by atoms with Crippen molar-refractivity contribution in [3.63, 3.8) is 0 Å². The van der Waals surface area contributed by atoms with Crippen molar-refractivity contribution in [2.45, 2.75) is 0 Å². The number of hydrogen-bond acceptors (Lipinski definition) is 6. The summed E-state index contributed by atoms with van der Waals surface area (Å²) in [6, 6.07) is 13.0. The molecule has 2 heterocycles. The first-order valence-electron chi connectivity index (χ1n) is 9.22. The van der Waals surface area contributed by atoms with E-state index in [1.807, 2.05) is 30.3 Å². The lowest BCUT2D eigenvalue weighted by Gasteiger charge is -2.34. The number of aromatic nitrogens is 1. The van der Waals surface area contributed by atoms with Crippen LogP contribution in [0.5, 0.6) is 5.75 Å².